The maximum atomic E-state index is 13.4. The Kier molecular flexibility index (Phi) is 5.68. The van der Waals surface area contributed by atoms with Crippen molar-refractivity contribution in [3.05, 3.63) is 89.0 Å². The lowest BCUT2D eigenvalue weighted by molar-refractivity contribution is -0.137. The molecule has 4 rings (SSSR count). The lowest BCUT2D eigenvalue weighted by Gasteiger charge is -2.29. The molecule has 0 bridgehead atoms. The van der Waals surface area contributed by atoms with Crippen LogP contribution in [0.25, 0.3) is 11.6 Å². The highest BCUT2D eigenvalue weighted by Gasteiger charge is 2.37. The van der Waals surface area contributed by atoms with Crippen molar-refractivity contribution >= 4 is 29.2 Å². The van der Waals surface area contributed by atoms with Crippen LogP contribution in [-0.4, -0.2) is 23.5 Å². The average Bonchev–Trinajstić information content (AvgIpc) is 2.79. The number of hydrogen-bond donors (Lipinski definition) is 1. The normalized spacial score (nSPS) is 15.0. The largest absolute Gasteiger partial charge is 0.504 e. The van der Waals surface area contributed by atoms with Crippen LogP contribution in [0.3, 0.4) is 0 Å². The zero-order chi connectivity index (χ0) is 23.8. The molecule has 3 aromatic rings. The number of carbonyl (C=O) groups is 2. The van der Waals surface area contributed by atoms with Gasteiger partial charge in [-0.3, -0.25) is 9.59 Å². The van der Waals surface area contributed by atoms with Crippen LogP contribution in [0, 0.1) is 0 Å². The topological polar surface area (TPSA) is 66.8 Å². The average molecular weight is 453 g/mol. The van der Waals surface area contributed by atoms with E-state index in [-0.39, 0.29) is 28.3 Å². The van der Waals surface area contributed by atoms with Gasteiger partial charge in [-0.25, -0.2) is 4.90 Å². The molecule has 0 radical (unpaired) electrons. The van der Waals surface area contributed by atoms with E-state index >= 15 is 0 Å². The fourth-order valence-corrected chi connectivity index (χ4v) is 3.61. The number of phenols is 1. The maximum absolute atomic E-state index is 13.4. The molecule has 8 heteroatoms. The minimum atomic E-state index is -4.63. The van der Waals surface area contributed by atoms with Crippen LogP contribution < -0.4 is 9.64 Å². The van der Waals surface area contributed by atoms with Crippen LogP contribution in [0.2, 0.25) is 0 Å². The van der Waals surface area contributed by atoms with Gasteiger partial charge in [0.25, 0.3) is 11.8 Å². The Balaban J connectivity index is 1.86. The second-order valence-electron chi connectivity index (χ2n) is 7.26. The molecule has 3 aromatic carbocycles. The zero-order valence-electron chi connectivity index (χ0n) is 17.4. The molecule has 0 fully saturated rings. The van der Waals surface area contributed by atoms with Gasteiger partial charge in [0.1, 0.15) is 0 Å². The summed E-state index contributed by atoms with van der Waals surface area (Å²) in [5.74, 6) is -1.33. The molecule has 0 aromatic heterocycles. The summed E-state index contributed by atoms with van der Waals surface area (Å²) in [4.78, 5) is 27.3. The summed E-state index contributed by atoms with van der Waals surface area (Å²) in [6, 6.07) is 15.0. The number of rotatable bonds is 4. The summed E-state index contributed by atoms with van der Waals surface area (Å²) in [5, 5.41) is 9.94. The molecule has 0 saturated carbocycles. The molecule has 33 heavy (non-hydrogen) atoms. The number of benzene rings is 3. The van der Waals surface area contributed by atoms with E-state index in [0.29, 0.717) is 17.7 Å². The summed E-state index contributed by atoms with van der Waals surface area (Å²) in [6.07, 6.45) is -3.12. The Labute approximate surface area is 187 Å². The molecular weight excluding hydrogens is 435 g/mol. The highest BCUT2D eigenvalue weighted by atomic mass is 19.4. The Bertz CT molecular complexity index is 1280. The minimum Gasteiger partial charge on any atom is -0.504 e. The number of nitrogens with zero attached hydrogens (tertiary/aromatic N) is 1. The highest BCUT2D eigenvalue weighted by Crippen LogP contribution is 2.37. The number of alkyl halides is 3. The van der Waals surface area contributed by atoms with Crippen molar-refractivity contribution in [1.82, 2.24) is 0 Å². The van der Waals surface area contributed by atoms with E-state index < -0.39 is 23.6 Å². The minimum absolute atomic E-state index is 0.0739. The molecule has 1 heterocycles. The van der Waals surface area contributed by atoms with Crippen LogP contribution in [0.5, 0.6) is 11.5 Å². The highest BCUT2D eigenvalue weighted by molar-refractivity contribution is 6.43. The van der Waals surface area contributed by atoms with Gasteiger partial charge in [-0.05, 0) is 60.5 Å². The Morgan fingerprint density at radius 1 is 0.939 bits per heavy atom. The van der Waals surface area contributed by atoms with Gasteiger partial charge in [0.2, 0.25) is 0 Å². The van der Waals surface area contributed by atoms with Crippen LogP contribution in [0.15, 0.2) is 66.7 Å². The van der Waals surface area contributed by atoms with Crippen LogP contribution >= 0.6 is 0 Å². The van der Waals surface area contributed by atoms with E-state index in [2.05, 4.69) is 0 Å². The van der Waals surface area contributed by atoms with Gasteiger partial charge in [0.15, 0.2) is 11.5 Å². The standard InChI is InChI=1S/C25H18F3NO4/c1-2-33-22-13-15(10-11-21(22)30)12-20-18-8-3-4-9-19(18)23(31)29(24(20)32)17-7-5-6-16(14-17)25(26,27)28/h3-14,30H,2H2,1H3/b20-12+. The maximum Gasteiger partial charge on any atom is 0.416 e. The van der Waals surface area contributed by atoms with Crippen molar-refractivity contribution in [2.24, 2.45) is 0 Å². The van der Waals surface area contributed by atoms with Crippen LogP contribution in [0.1, 0.15) is 34.0 Å². The van der Waals surface area contributed by atoms with Gasteiger partial charge >= 0.3 is 6.18 Å². The number of aromatic hydroxyl groups is 1. The number of halogens is 3. The molecule has 0 aliphatic carbocycles. The van der Waals surface area contributed by atoms with Gasteiger partial charge in [-0.2, -0.15) is 13.2 Å². The third-order valence-electron chi connectivity index (χ3n) is 5.11. The number of ether oxygens (including phenoxy) is 1. The first kappa shape index (κ1) is 22.1. The number of imide groups is 1. The Morgan fingerprint density at radius 3 is 2.36 bits per heavy atom. The smallest absolute Gasteiger partial charge is 0.416 e. The van der Waals surface area contributed by atoms with Gasteiger partial charge in [-0.1, -0.05) is 30.3 Å². The van der Waals surface area contributed by atoms with E-state index in [4.69, 9.17) is 4.74 Å². The predicted molar refractivity (Wildman–Crippen MR) is 117 cm³/mol. The molecule has 5 nitrogen and oxygen atoms in total. The second-order valence-corrected chi connectivity index (χ2v) is 7.26. The number of hydrogen-bond acceptors (Lipinski definition) is 4. The summed E-state index contributed by atoms with van der Waals surface area (Å²) < 4.78 is 45.1. The molecule has 0 atom stereocenters. The van der Waals surface area contributed by atoms with E-state index in [0.717, 1.165) is 23.1 Å². The third kappa shape index (κ3) is 4.19. The molecule has 2 amide bonds. The lowest BCUT2D eigenvalue weighted by atomic mass is 9.91. The Hall–Kier alpha value is -4.07. The SMILES string of the molecule is CCOc1cc(/C=C2/C(=O)N(c3cccc(C(F)(F)F)c3)C(=O)c3ccccc32)ccc1O. The van der Waals surface area contributed by atoms with E-state index in [1.165, 1.54) is 30.3 Å². The van der Waals surface area contributed by atoms with Crippen molar-refractivity contribution in [3.8, 4) is 11.5 Å². The second kappa shape index (κ2) is 8.46. The number of phenolic OH excluding ortho intramolecular Hbond substituents is 1. The van der Waals surface area contributed by atoms with Crippen LogP contribution in [-0.2, 0) is 11.0 Å². The van der Waals surface area contributed by atoms with Gasteiger partial charge < -0.3 is 9.84 Å². The van der Waals surface area contributed by atoms with E-state index in [1.807, 2.05) is 0 Å². The van der Waals surface area contributed by atoms with Gasteiger partial charge in [0, 0.05) is 11.1 Å². The molecule has 0 saturated heterocycles. The first-order valence-electron chi connectivity index (χ1n) is 10.0. The quantitative estimate of drug-likeness (QED) is 0.416. The van der Waals surface area contributed by atoms with Crippen LogP contribution in [0.4, 0.5) is 18.9 Å². The first-order chi connectivity index (χ1) is 15.7. The van der Waals surface area contributed by atoms with Crippen molar-refractivity contribution in [3.63, 3.8) is 0 Å². The van der Waals surface area contributed by atoms with Crippen molar-refractivity contribution in [1.29, 1.82) is 0 Å². The number of fused-ring (bicyclic) bond motifs is 1. The third-order valence-corrected chi connectivity index (χ3v) is 5.11. The molecule has 168 valence electrons. The summed E-state index contributed by atoms with van der Waals surface area (Å²) in [6.45, 7) is 2.07. The van der Waals surface area contributed by atoms with Crippen molar-refractivity contribution in [2.75, 3.05) is 11.5 Å². The number of amides is 2. The predicted octanol–water partition coefficient (Wildman–Crippen LogP) is 5.54. The zero-order valence-corrected chi connectivity index (χ0v) is 17.4. The molecule has 0 spiro atoms. The van der Waals surface area contributed by atoms with Gasteiger partial charge in [-0.15, -0.1) is 0 Å². The van der Waals surface area contributed by atoms with Crippen molar-refractivity contribution < 1.29 is 32.6 Å². The number of anilines is 1. The molecular formula is C25H18F3NO4. The fraction of sp³-hybridized carbons (Fsp3) is 0.120. The monoisotopic (exact) mass is 453 g/mol. The first-order valence-corrected chi connectivity index (χ1v) is 10.0. The summed E-state index contributed by atoms with van der Waals surface area (Å²) in [5.41, 5.74) is 0.0284. The summed E-state index contributed by atoms with van der Waals surface area (Å²) in [7, 11) is 0. The molecule has 1 N–H and O–H groups in total. The molecule has 1 aliphatic heterocycles. The fourth-order valence-electron chi connectivity index (χ4n) is 3.61. The van der Waals surface area contributed by atoms with Crippen molar-refractivity contribution in [2.45, 2.75) is 13.1 Å². The lowest BCUT2D eigenvalue weighted by Crippen LogP contribution is -2.41. The van der Waals surface area contributed by atoms with E-state index in [9.17, 15) is 27.9 Å². The van der Waals surface area contributed by atoms with Gasteiger partial charge in [0.05, 0.1) is 17.9 Å². The summed E-state index contributed by atoms with van der Waals surface area (Å²) >= 11 is 0. The Morgan fingerprint density at radius 2 is 1.67 bits per heavy atom. The number of carbonyl (C=O) groups excluding carboxylic acids is 2. The molecule has 1 aliphatic rings. The van der Waals surface area contributed by atoms with E-state index in [1.54, 1.807) is 31.2 Å². The molecule has 0 unspecified atom stereocenters.